The summed E-state index contributed by atoms with van der Waals surface area (Å²) >= 11 is 0. The lowest BCUT2D eigenvalue weighted by molar-refractivity contribution is 0.102. The molecule has 0 bridgehead atoms. The van der Waals surface area contributed by atoms with Crippen molar-refractivity contribution in [2.24, 2.45) is 5.41 Å². The number of allylic oxidation sites excluding steroid dienone is 2. The van der Waals surface area contributed by atoms with Gasteiger partial charge in [-0.05, 0) is 30.4 Å². The number of fused-ring (bicyclic) bond motifs is 3. The molecule has 0 aromatic heterocycles. The van der Waals surface area contributed by atoms with Gasteiger partial charge < -0.3 is 15.3 Å². The van der Waals surface area contributed by atoms with Crippen molar-refractivity contribution < 1.29 is 20.1 Å². The second-order valence-electron chi connectivity index (χ2n) is 8.16. The number of hydrogen-bond acceptors (Lipinski definition) is 4. The van der Waals surface area contributed by atoms with Crippen LogP contribution in [0.25, 0.3) is 0 Å². The first-order valence-electron chi connectivity index (χ1n) is 8.60. The van der Waals surface area contributed by atoms with Crippen LogP contribution in [0.2, 0.25) is 0 Å². The molecule has 0 radical (unpaired) electrons. The van der Waals surface area contributed by atoms with Crippen LogP contribution in [0.1, 0.15) is 74.4 Å². The number of aliphatic hydroxyl groups excluding tert-OH is 1. The molecule has 24 heavy (non-hydrogen) atoms. The molecule has 0 saturated heterocycles. The van der Waals surface area contributed by atoms with Gasteiger partial charge in [0.25, 0.3) is 0 Å². The average Bonchev–Trinajstić information content (AvgIpc) is 2.51. The van der Waals surface area contributed by atoms with Crippen LogP contribution in [0.4, 0.5) is 0 Å². The van der Waals surface area contributed by atoms with E-state index in [1.165, 1.54) is 0 Å². The van der Waals surface area contributed by atoms with Gasteiger partial charge in [-0.25, -0.2) is 0 Å². The van der Waals surface area contributed by atoms with Gasteiger partial charge in [0.15, 0.2) is 17.3 Å². The van der Waals surface area contributed by atoms with Crippen LogP contribution >= 0.6 is 0 Å². The minimum atomic E-state index is -0.451. The van der Waals surface area contributed by atoms with E-state index in [0.29, 0.717) is 16.7 Å². The summed E-state index contributed by atoms with van der Waals surface area (Å²) in [7, 11) is 0. The molecule has 1 aromatic rings. The van der Waals surface area contributed by atoms with E-state index in [1.807, 2.05) is 0 Å². The lowest BCUT2D eigenvalue weighted by atomic mass is 9.55. The maximum absolute atomic E-state index is 12.8. The van der Waals surface area contributed by atoms with Gasteiger partial charge in [-0.15, -0.1) is 0 Å². The minimum absolute atomic E-state index is 0.112. The van der Waals surface area contributed by atoms with Gasteiger partial charge in [0.1, 0.15) is 0 Å². The molecular formula is C20H26O4. The Morgan fingerprint density at radius 3 is 2.46 bits per heavy atom. The number of ketones is 1. The normalized spacial score (nSPS) is 26.4. The van der Waals surface area contributed by atoms with Crippen molar-refractivity contribution in [1.29, 1.82) is 0 Å². The zero-order valence-corrected chi connectivity index (χ0v) is 14.8. The van der Waals surface area contributed by atoms with Gasteiger partial charge in [-0.2, -0.15) is 0 Å². The second-order valence-corrected chi connectivity index (χ2v) is 8.16. The predicted octanol–water partition coefficient (Wildman–Crippen LogP) is 3.78. The second kappa shape index (κ2) is 5.35. The Kier molecular flexibility index (Phi) is 3.79. The molecule has 0 aliphatic heterocycles. The van der Waals surface area contributed by atoms with Crippen molar-refractivity contribution in [2.75, 3.05) is 6.61 Å². The van der Waals surface area contributed by atoms with E-state index in [1.54, 1.807) is 19.1 Å². The number of phenols is 2. The number of phenolic OH excluding ortho intramolecular Hbond substituents is 2. The number of benzene rings is 1. The highest BCUT2D eigenvalue weighted by atomic mass is 16.3. The van der Waals surface area contributed by atoms with E-state index in [2.05, 4.69) is 20.8 Å². The molecule has 4 nitrogen and oxygen atoms in total. The third kappa shape index (κ3) is 2.20. The summed E-state index contributed by atoms with van der Waals surface area (Å²) in [6.07, 6.45) is 4.57. The molecule has 2 aliphatic rings. The molecule has 0 heterocycles. The molecule has 3 N–H and O–H groups in total. The Hall–Kier alpha value is -1.81. The fraction of sp³-hybridized carbons (Fsp3) is 0.550. The number of aliphatic hydroxyl groups is 1. The van der Waals surface area contributed by atoms with Crippen LogP contribution in [0.3, 0.4) is 0 Å². The Labute approximate surface area is 142 Å². The van der Waals surface area contributed by atoms with Crippen molar-refractivity contribution in [3.05, 3.63) is 34.4 Å². The fourth-order valence-corrected chi connectivity index (χ4v) is 4.63. The highest BCUT2D eigenvalue weighted by Crippen LogP contribution is 2.58. The lowest BCUT2D eigenvalue weighted by Gasteiger charge is -2.48. The quantitative estimate of drug-likeness (QED) is 0.721. The molecule has 1 fully saturated rings. The largest absolute Gasteiger partial charge is 0.504 e. The van der Waals surface area contributed by atoms with E-state index < -0.39 is 5.41 Å². The zero-order valence-electron chi connectivity index (χ0n) is 14.8. The van der Waals surface area contributed by atoms with E-state index in [9.17, 15) is 20.1 Å². The predicted molar refractivity (Wildman–Crippen MR) is 92.7 cm³/mol. The Morgan fingerprint density at radius 2 is 1.83 bits per heavy atom. The lowest BCUT2D eigenvalue weighted by Crippen LogP contribution is -2.41. The van der Waals surface area contributed by atoms with Crippen LogP contribution < -0.4 is 0 Å². The summed E-state index contributed by atoms with van der Waals surface area (Å²) in [5.74, 6) is -0.903. The molecule has 4 heteroatoms. The number of rotatable bonds is 2. The number of hydrogen-bond donors (Lipinski definition) is 3. The van der Waals surface area contributed by atoms with Crippen LogP contribution in [-0.4, -0.2) is 27.7 Å². The number of carbonyl (C=O) groups excluding carboxylic acids is 1. The summed E-state index contributed by atoms with van der Waals surface area (Å²) in [6.45, 7) is 7.91. The molecule has 130 valence electrons. The van der Waals surface area contributed by atoms with Gasteiger partial charge >= 0.3 is 0 Å². The summed E-state index contributed by atoms with van der Waals surface area (Å²) in [5.41, 5.74) is 1.88. The summed E-state index contributed by atoms with van der Waals surface area (Å²) in [6, 6.07) is 1.65. The van der Waals surface area contributed by atoms with Gasteiger partial charge in [-0.3, -0.25) is 4.79 Å². The van der Waals surface area contributed by atoms with E-state index in [0.717, 1.165) is 24.8 Å². The molecule has 0 spiro atoms. The van der Waals surface area contributed by atoms with Crippen LogP contribution in [0, 0.1) is 5.41 Å². The van der Waals surface area contributed by atoms with Crippen LogP contribution in [0.15, 0.2) is 17.7 Å². The van der Waals surface area contributed by atoms with Crippen LogP contribution in [0.5, 0.6) is 11.5 Å². The summed E-state index contributed by atoms with van der Waals surface area (Å²) in [5, 5.41) is 30.6. The van der Waals surface area contributed by atoms with E-state index in [-0.39, 0.29) is 35.2 Å². The fourth-order valence-electron chi connectivity index (χ4n) is 4.63. The molecule has 2 unspecified atom stereocenters. The van der Waals surface area contributed by atoms with Crippen LogP contribution in [-0.2, 0) is 5.41 Å². The smallest absolute Gasteiger partial charge is 0.186 e. The molecule has 3 rings (SSSR count). The molecule has 1 aromatic carbocycles. The first kappa shape index (κ1) is 17.0. The first-order chi connectivity index (χ1) is 11.1. The van der Waals surface area contributed by atoms with Crippen molar-refractivity contribution in [3.63, 3.8) is 0 Å². The highest BCUT2D eigenvalue weighted by molar-refractivity contribution is 6.09. The van der Waals surface area contributed by atoms with Gasteiger partial charge in [0.2, 0.25) is 0 Å². The SMILES string of the molecule is CC(CO)c1cc2c(c(O)c1O)C1(C)CCCC(C)(C)C1=CC2=O. The third-order valence-electron chi connectivity index (χ3n) is 6.00. The Morgan fingerprint density at radius 1 is 1.17 bits per heavy atom. The molecular weight excluding hydrogens is 304 g/mol. The van der Waals surface area contributed by atoms with Gasteiger partial charge in [0.05, 0.1) is 0 Å². The van der Waals surface area contributed by atoms with Gasteiger partial charge in [-0.1, -0.05) is 39.7 Å². The zero-order chi connectivity index (χ0) is 17.9. The highest BCUT2D eigenvalue weighted by Gasteiger charge is 2.48. The molecule has 1 saturated carbocycles. The maximum Gasteiger partial charge on any atom is 0.186 e. The summed E-state index contributed by atoms with van der Waals surface area (Å²) in [4.78, 5) is 12.8. The number of aromatic hydroxyl groups is 2. The topological polar surface area (TPSA) is 77.8 Å². The van der Waals surface area contributed by atoms with Crippen molar-refractivity contribution in [2.45, 2.75) is 58.3 Å². The summed E-state index contributed by atoms with van der Waals surface area (Å²) < 4.78 is 0. The van der Waals surface area contributed by atoms with Crippen molar-refractivity contribution in [3.8, 4) is 11.5 Å². The Bertz CT molecular complexity index is 744. The monoisotopic (exact) mass is 330 g/mol. The Balaban J connectivity index is 2.30. The van der Waals surface area contributed by atoms with E-state index in [4.69, 9.17) is 0 Å². The standard InChI is InChI=1S/C20H26O4/c1-11(10-21)12-8-13-14(22)9-15-19(2,3)6-5-7-20(15,4)16(13)18(24)17(12)23/h8-9,11,21,23-24H,5-7,10H2,1-4H3. The molecule has 2 aliphatic carbocycles. The average molecular weight is 330 g/mol. The first-order valence-corrected chi connectivity index (χ1v) is 8.60. The van der Waals surface area contributed by atoms with Crippen molar-refractivity contribution in [1.82, 2.24) is 0 Å². The molecule has 0 amide bonds. The third-order valence-corrected chi connectivity index (χ3v) is 6.00. The van der Waals surface area contributed by atoms with E-state index >= 15 is 0 Å². The number of carbonyl (C=O) groups is 1. The molecule has 2 atom stereocenters. The minimum Gasteiger partial charge on any atom is -0.504 e. The maximum atomic E-state index is 12.8. The van der Waals surface area contributed by atoms with Crippen molar-refractivity contribution >= 4 is 5.78 Å². The van der Waals surface area contributed by atoms with Gasteiger partial charge in [0, 0.05) is 34.6 Å².